The maximum Gasteiger partial charge on any atom is 0.286 e. The summed E-state index contributed by atoms with van der Waals surface area (Å²) in [6, 6.07) is 0. The number of alkyl halides is 2. The summed E-state index contributed by atoms with van der Waals surface area (Å²) in [5, 5.41) is 2.43. The number of rotatable bonds is 6. The Labute approximate surface area is 125 Å². The van der Waals surface area contributed by atoms with E-state index in [0.29, 0.717) is 0 Å². The minimum Gasteiger partial charge on any atom is -0.411 e. The standard InChI is InChI=1S/C13H24F2N4OSi/c1-12(2,3)21(4,5)20-8-13(14,15)7-18-11-10(16)6-17-9-19-11/h6,9H,7-8,16H2,1-5H3,(H,17,18,19). The largest absolute Gasteiger partial charge is 0.411 e. The maximum atomic E-state index is 13.9. The first-order valence-electron chi connectivity index (χ1n) is 6.76. The van der Waals surface area contributed by atoms with Gasteiger partial charge < -0.3 is 15.5 Å². The summed E-state index contributed by atoms with van der Waals surface area (Å²) in [7, 11) is -2.19. The summed E-state index contributed by atoms with van der Waals surface area (Å²) >= 11 is 0. The molecule has 1 aromatic heterocycles. The predicted molar refractivity (Wildman–Crippen MR) is 83.0 cm³/mol. The van der Waals surface area contributed by atoms with Crippen molar-refractivity contribution in [2.24, 2.45) is 0 Å². The zero-order chi connectivity index (χ0) is 16.3. The van der Waals surface area contributed by atoms with Crippen molar-refractivity contribution in [2.75, 3.05) is 24.2 Å². The third kappa shape index (κ3) is 5.20. The van der Waals surface area contributed by atoms with Gasteiger partial charge in [0.25, 0.3) is 5.92 Å². The molecule has 0 fully saturated rings. The van der Waals surface area contributed by atoms with Gasteiger partial charge in [-0.25, -0.2) is 18.7 Å². The number of nitrogens with zero attached hydrogens (tertiary/aromatic N) is 2. The van der Waals surface area contributed by atoms with Crippen molar-refractivity contribution in [3.63, 3.8) is 0 Å². The van der Waals surface area contributed by atoms with Crippen LogP contribution in [0, 0.1) is 0 Å². The lowest BCUT2D eigenvalue weighted by Gasteiger charge is -2.37. The molecular formula is C13H24F2N4OSi. The van der Waals surface area contributed by atoms with Gasteiger partial charge in [-0.2, -0.15) is 0 Å². The van der Waals surface area contributed by atoms with Gasteiger partial charge in [-0.1, -0.05) is 20.8 Å². The molecule has 1 heterocycles. The molecule has 0 aromatic carbocycles. The molecule has 0 amide bonds. The fourth-order valence-corrected chi connectivity index (χ4v) is 2.26. The van der Waals surface area contributed by atoms with Gasteiger partial charge in [0.15, 0.2) is 14.1 Å². The van der Waals surface area contributed by atoms with Crippen LogP contribution in [0.4, 0.5) is 20.3 Å². The zero-order valence-corrected chi connectivity index (χ0v) is 14.2. The maximum absolute atomic E-state index is 13.9. The molecule has 5 nitrogen and oxygen atoms in total. The van der Waals surface area contributed by atoms with E-state index in [-0.39, 0.29) is 16.5 Å². The summed E-state index contributed by atoms with van der Waals surface area (Å²) in [5.41, 5.74) is 5.83. The van der Waals surface area contributed by atoms with Crippen LogP contribution in [-0.2, 0) is 4.43 Å². The quantitative estimate of drug-likeness (QED) is 0.788. The van der Waals surface area contributed by atoms with Crippen molar-refractivity contribution < 1.29 is 13.2 Å². The minimum absolute atomic E-state index is 0.104. The van der Waals surface area contributed by atoms with E-state index in [2.05, 4.69) is 15.3 Å². The number of nitrogens with one attached hydrogen (secondary N) is 1. The number of halogens is 2. The number of hydrogen-bond acceptors (Lipinski definition) is 5. The predicted octanol–water partition coefficient (Wildman–Crippen LogP) is 3.13. The molecule has 8 heteroatoms. The van der Waals surface area contributed by atoms with Crippen LogP contribution < -0.4 is 11.1 Å². The van der Waals surface area contributed by atoms with Crippen molar-refractivity contribution in [3.8, 4) is 0 Å². The molecule has 0 bridgehead atoms. The number of nitrogen functional groups attached to an aromatic ring is 1. The van der Waals surface area contributed by atoms with E-state index in [4.69, 9.17) is 10.2 Å². The molecule has 1 rings (SSSR count). The summed E-state index contributed by atoms with van der Waals surface area (Å²) in [6.45, 7) is 8.73. The van der Waals surface area contributed by atoms with Gasteiger partial charge in [0.1, 0.15) is 6.33 Å². The molecule has 0 aliphatic heterocycles. The molecule has 0 saturated carbocycles. The first-order valence-corrected chi connectivity index (χ1v) is 9.67. The Bertz CT molecular complexity index is 477. The zero-order valence-electron chi connectivity index (χ0n) is 13.2. The van der Waals surface area contributed by atoms with Gasteiger partial charge in [0, 0.05) is 0 Å². The van der Waals surface area contributed by atoms with E-state index in [1.165, 1.54) is 12.5 Å². The molecular weight excluding hydrogens is 294 g/mol. The Morgan fingerprint density at radius 3 is 2.48 bits per heavy atom. The normalized spacial score (nSPS) is 13.3. The molecule has 0 saturated heterocycles. The van der Waals surface area contributed by atoms with E-state index in [0.717, 1.165) is 0 Å². The van der Waals surface area contributed by atoms with E-state index in [1.54, 1.807) is 0 Å². The van der Waals surface area contributed by atoms with E-state index in [9.17, 15) is 8.78 Å². The topological polar surface area (TPSA) is 73.1 Å². The Morgan fingerprint density at radius 2 is 1.95 bits per heavy atom. The molecule has 0 atom stereocenters. The van der Waals surface area contributed by atoms with Crippen LogP contribution in [0.2, 0.25) is 18.1 Å². The summed E-state index contributed by atoms with van der Waals surface area (Å²) < 4.78 is 33.4. The third-order valence-corrected chi connectivity index (χ3v) is 8.18. The highest BCUT2D eigenvalue weighted by molar-refractivity contribution is 6.74. The van der Waals surface area contributed by atoms with Crippen molar-refractivity contribution in [2.45, 2.75) is 44.8 Å². The highest BCUT2D eigenvalue weighted by Gasteiger charge is 2.40. The van der Waals surface area contributed by atoms with Crippen molar-refractivity contribution in [1.29, 1.82) is 0 Å². The number of hydrogen-bond donors (Lipinski definition) is 2. The first kappa shape index (κ1) is 17.8. The Hall–Kier alpha value is -1.28. The fraction of sp³-hybridized carbons (Fsp3) is 0.692. The van der Waals surface area contributed by atoms with Gasteiger partial charge in [0.2, 0.25) is 0 Å². The Morgan fingerprint density at radius 1 is 1.33 bits per heavy atom. The number of nitrogens with two attached hydrogens (primary N) is 1. The molecule has 0 unspecified atom stereocenters. The average molecular weight is 318 g/mol. The second kappa shape index (κ2) is 6.23. The first-order chi connectivity index (χ1) is 9.45. The lowest BCUT2D eigenvalue weighted by molar-refractivity contribution is -0.0326. The van der Waals surface area contributed by atoms with E-state index >= 15 is 0 Å². The van der Waals surface area contributed by atoms with Crippen LogP contribution in [0.1, 0.15) is 20.8 Å². The second-order valence-corrected chi connectivity index (χ2v) is 11.4. The second-order valence-electron chi connectivity index (χ2n) is 6.59. The molecule has 0 aliphatic rings. The summed E-state index contributed by atoms with van der Waals surface area (Å²) in [6.07, 6.45) is 2.61. The van der Waals surface area contributed by atoms with Crippen LogP contribution >= 0.6 is 0 Å². The summed E-state index contributed by atoms with van der Waals surface area (Å²) in [4.78, 5) is 7.52. The van der Waals surface area contributed by atoms with Crippen LogP contribution in [-0.4, -0.2) is 37.4 Å². The molecule has 0 aliphatic carbocycles. The molecule has 0 radical (unpaired) electrons. The number of anilines is 2. The van der Waals surface area contributed by atoms with Gasteiger partial charge >= 0.3 is 0 Å². The summed E-state index contributed by atoms with van der Waals surface area (Å²) in [5.74, 6) is -2.79. The third-order valence-electron chi connectivity index (χ3n) is 3.71. The number of aromatic nitrogens is 2. The van der Waals surface area contributed by atoms with Gasteiger partial charge in [-0.05, 0) is 18.1 Å². The van der Waals surface area contributed by atoms with Crippen LogP contribution in [0.5, 0.6) is 0 Å². The molecule has 21 heavy (non-hydrogen) atoms. The van der Waals surface area contributed by atoms with Crippen molar-refractivity contribution in [3.05, 3.63) is 12.5 Å². The Kier molecular flexibility index (Phi) is 5.27. The Balaban J connectivity index is 2.57. The SMILES string of the molecule is CC(C)(C)[Si](C)(C)OCC(F)(F)CNc1ncncc1N. The van der Waals surface area contributed by atoms with Crippen LogP contribution in [0.15, 0.2) is 12.5 Å². The van der Waals surface area contributed by atoms with Gasteiger partial charge in [0.05, 0.1) is 25.0 Å². The van der Waals surface area contributed by atoms with Crippen LogP contribution in [0.25, 0.3) is 0 Å². The molecule has 120 valence electrons. The van der Waals surface area contributed by atoms with E-state index < -0.39 is 27.4 Å². The smallest absolute Gasteiger partial charge is 0.286 e. The minimum atomic E-state index is -2.99. The molecule has 0 spiro atoms. The van der Waals surface area contributed by atoms with E-state index in [1.807, 2.05) is 33.9 Å². The molecule has 3 N–H and O–H groups in total. The van der Waals surface area contributed by atoms with Gasteiger partial charge in [-0.3, -0.25) is 0 Å². The lowest BCUT2D eigenvalue weighted by Crippen LogP contribution is -2.45. The van der Waals surface area contributed by atoms with Crippen molar-refractivity contribution >= 4 is 19.8 Å². The lowest BCUT2D eigenvalue weighted by atomic mass is 10.2. The highest BCUT2D eigenvalue weighted by Crippen LogP contribution is 2.37. The van der Waals surface area contributed by atoms with Crippen LogP contribution in [0.3, 0.4) is 0 Å². The molecule has 1 aromatic rings. The van der Waals surface area contributed by atoms with Crippen molar-refractivity contribution in [1.82, 2.24) is 9.97 Å². The monoisotopic (exact) mass is 318 g/mol. The fourth-order valence-electron chi connectivity index (χ4n) is 1.25. The average Bonchev–Trinajstić information content (AvgIpc) is 2.34. The highest BCUT2D eigenvalue weighted by atomic mass is 28.4. The van der Waals surface area contributed by atoms with Gasteiger partial charge in [-0.15, -0.1) is 0 Å².